The van der Waals surface area contributed by atoms with E-state index in [2.05, 4.69) is 4.84 Å². The maximum atomic E-state index is 11.5. The zero-order valence-electron chi connectivity index (χ0n) is 5.98. The van der Waals surface area contributed by atoms with Gasteiger partial charge in [-0.3, -0.25) is 0 Å². The molecule has 0 aromatic heterocycles. The monoisotopic (exact) mass is 173 g/mol. The molecule has 2 N–H and O–H groups in total. The summed E-state index contributed by atoms with van der Waals surface area (Å²) in [7, 11) is 0. The molecule has 0 spiro atoms. The normalized spacial score (nSPS) is 15.0. The van der Waals surface area contributed by atoms with Crippen LogP contribution in [0.3, 0.4) is 0 Å². The lowest BCUT2D eigenvalue weighted by Crippen LogP contribution is -2.38. The van der Waals surface area contributed by atoms with Crippen LogP contribution in [0.4, 0.5) is 13.2 Å². The number of hydroxylamine groups is 1. The van der Waals surface area contributed by atoms with Gasteiger partial charge in [-0.25, -0.2) is 0 Å². The number of hydrogen-bond acceptors (Lipinski definition) is 3. The van der Waals surface area contributed by atoms with Crippen LogP contribution in [0.1, 0.15) is 6.92 Å². The molecule has 0 heterocycles. The van der Waals surface area contributed by atoms with Crippen LogP contribution in [0.25, 0.3) is 0 Å². The third-order valence-electron chi connectivity index (χ3n) is 0.901. The van der Waals surface area contributed by atoms with E-state index in [9.17, 15) is 13.2 Å². The second-order valence-electron chi connectivity index (χ2n) is 1.84. The highest BCUT2D eigenvalue weighted by molar-refractivity contribution is 4.64. The Bertz CT molecular complexity index is 106. The van der Waals surface area contributed by atoms with Crippen molar-refractivity contribution in [2.75, 3.05) is 13.2 Å². The van der Waals surface area contributed by atoms with Crippen LogP contribution in [-0.4, -0.2) is 30.5 Å². The van der Waals surface area contributed by atoms with Gasteiger partial charge < -0.3 is 9.94 Å². The van der Waals surface area contributed by atoms with Crippen LogP contribution in [0, 0.1) is 0 Å². The summed E-state index contributed by atoms with van der Waals surface area (Å²) in [5.41, 5.74) is 1.97. The van der Waals surface area contributed by atoms with Crippen LogP contribution in [-0.2, 0) is 4.84 Å². The standard InChI is InChI=1S/C5H10F3NO2/c1-2-11-9-3-4(10)5(6,7)8/h4,9-10H,2-3H2,1H3. The fourth-order valence-electron chi connectivity index (χ4n) is 0.356. The molecule has 0 radical (unpaired) electrons. The van der Waals surface area contributed by atoms with Crippen molar-refractivity contribution in [3.63, 3.8) is 0 Å². The van der Waals surface area contributed by atoms with E-state index in [1.54, 1.807) is 6.92 Å². The molecule has 1 atom stereocenters. The SMILES string of the molecule is CCONCC(O)C(F)(F)F. The Morgan fingerprint density at radius 2 is 2.09 bits per heavy atom. The van der Waals surface area contributed by atoms with Gasteiger partial charge in [-0.05, 0) is 6.92 Å². The molecule has 0 saturated carbocycles. The van der Waals surface area contributed by atoms with E-state index in [1.165, 1.54) is 0 Å². The van der Waals surface area contributed by atoms with Crippen LogP contribution in [0.2, 0.25) is 0 Å². The van der Waals surface area contributed by atoms with Gasteiger partial charge in [0.1, 0.15) is 0 Å². The molecule has 0 saturated heterocycles. The van der Waals surface area contributed by atoms with Crippen molar-refractivity contribution in [1.29, 1.82) is 0 Å². The number of hydrogen-bond donors (Lipinski definition) is 2. The van der Waals surface area contributed by atoms with Gasteiger partial charge in [-0.1, -0.05) is 0 Å². The van der Waals surface area contributed by atoms with Crippen LogP contribution in [0.5, 0.6) is 0 Å². The smallest absolute Gasteiger partial charge is 0.382 e. The zero-order valence-corrected chi connectivity index (χ0v) is 5.98. The minimum Gasteiger partial charge on any atom is -0.382 e. The molecule has 0 amide bonds. The van der Waals surface area contributed by atoms with Crippen LogP contribution >= 0.6 is 0 Å². The third-order valence-corrected chi connectivity index (χ3v) is 0.901. The summed E-state index contributed by atoms with van der Waals surface area (Å²) in [5.74, 6) is 0. The van der Waals surface area contributed by atoms with Gasteiger partial charge in [-0.2, -0.15) is 18.7 Å². The molecule has 11 heavy (non-hydrogen) atoms. The predicted molar refractivity (Wildman–Crippen MR) is 31.7 cm³/mol. The van der Waals surface area contributed by atoms with Crippen molar-refractivity contribution < 1.29 is 23.1 Å². The second-order valence-corrected chi connectivity index (χ2v) is 1.84. The molecular formula is C5H10F3NO2. The summed E-state index contributed by atoms with van der Waals surface area (Å²) >= 11 is 0. The van der Waals surface area contributed by atoms with Crippen molar-refractivity contribution in [2.45, 2.75) is 19.2 Å². The summed E-state index contributed by atoms with van der Waals surface area (Å²) in [4.78, 5) is 4.39. The van der Waals surface area contributed by atoms with Crippen molar-refractivity contribution in [2.24, 2.45) is 0 Å². The first kappa shape index (κ1) is 10.7. The molecule has 0 aliphatic carbocycles. The first-order chi connectivity index (χ1) is 4.98. The molecule has 0 aliphatic heterocycles. The molecule has 0 aromatic carbocycles. The lowest BCUT2D eigenvalue weighted by molar-refractivity contribution is -0.207. The van der Waals surface area contributed by atoms with Gasteiger partial charge in [0.2, 0.25) is 0 Å². The molecule has 6 heteroatoms. The maximum absolute atomic E-state index is 11.5. The average molecular weight is 173 g/mol. The molecule has 3 nitrogen and oxygen atoms in total. The molecule has 68 valence electrons. The summed E-state index contributed by atoms with van der Waals surface area (Å²) in [6.07, 6.45) is -6.95. The fourth-order valence-corrected chi connectivity index (χ4v) is 0.356. The van der Waals surface area contributed by atoms with Crippen LogP contribution in [0.15, 0.2) is 0 Å². The summed E-state index contributed by atoms with van der Waals surface area (Å²) in [5, 5.41) is 8.34. The first-order valence-electron chi connectivity index (χ1n) is 3.08. The zero-order chi connectivity index (χ0) is 8.91. The third kappa shape index (κ3) is 5.00. The summed E-state index contributed by atoms with van der Waals surface area (Å²) in [6, 6.07) is 0. The quantitative estimate of drug-likeness (QED) is 0.479. The van der Waals surface area contributed by atoms with Crippen molar-refractivity contribution in [3.05, 3.63) is 0 Å². The highest BCUT2D eigenvalue weighted by Gasteiger charge is 2.37. The number of aliphatic hydroxyl groups excluding tert-OH is 1. The first-order valence-corrected chi connectivity index (χ1v) is 3.08. The van der Waals surface area contributed by atoms with E-state index in [0.717, 1.165) is 0 Å². The van der Waals surface area contributed by atoms with Gasteiger partial charge in [0.25, 0.3) is 0 Å². The van der Waals surface area contributed by atoms with Crippen molar-refractivity contribution >= 4 is 0 Å². The van der Waals surface area contributed by atoms with E-state index in [-0.39, 0.29) is 6.61 Å². The van der Waals surface area contributed by atoms with Gasteiger partial charge in [-0.15, -0.1) is 0 Å². The summed E-state index contributed by atoms with van der Waals surface area (Å²) < 4.78 is 34.6. The van der Waals surface area contributed by atoms with Gasteiger partial charge in [0.15, 0.2) is 6.10 Å². The molecular weight excluding hydrogens is 163 g/mol. The molecule has 0 rings (SSSR count). The van der Waals surface area contributed by atoms with Crippen molar-refractivity contribution in [3.8, 4) is 0 Å². The molecule has 0 bridgehead atoms. The molecule has 0 aliphatic rings. The molecule has 0 fully saturated rings. The highest BCUT2D eigenvalue weighted by atomic mass is 19.4. The van der Waals surface area contributed by atoms with E-state index in [0.29, 0.717) is 0 Å². The minimum absolute atomic E-state index is 0.255. The van der Waals surface area contributed by atoms with Gasteiger partial charge >= 0.3 is 6.18 Å². The van der Waals surface area contributed by atoms with E-state index >= 15 is 0 Å². The van der Waals surface area contributed by atoms with Gasteiger partial charge in [0.05, 0.1) is 13.2 Å². The minimum atomic E-state index is -4.58. The number of rotatable bonds is 4. The summed E-state index contributed by atoms with van der Waals surface area (Å²) in [6.45, 7) is 1.23. The average Bonchev–Trinajstić information content (AvgIpc) is 1.86. The maximum Gasteiger partial charge on any atom is 0.415 e. The van der Waals surface area contributed by atoms with Crippen molar-refractivity contribution in [1.82, 2.24) is 5.48 Å². The lowest BCUT2D eigenvalue weighted by Gasteiger charge is -2.14. The Balaban J connectivity index is 3.44. The Morgan fingerprint density at radius 1 is 1.55 bits per heavy atom. The number of nitrogens with one attached hydrogen (secondary N) is 1. The topological polar surface area (TPSA) is 41.5 Å². The molecule has 0 aromatic rings. The Kier molecular flexibility index (Phi) is 4.39. The Morgan fingerprint density at radius 3 is 2.45 bits per heavy atom. The second kappa shape index (κ2) is 4.53. The lowest BCUT2D eigenvalue weighted by atomic mass is 10.3. The Labute approximate surface area is 62.1 Å². The van der Waals surface area contributed by atoms with Crippen LogP contribution < -0.4 is 5.48 Å². The van der Waals surface area contributed by atoms with E-state index < -0.39 is 18.8 Å². The van der Waals surface area contributed by atoms with E-state index in [1.807, 2.05) is 5.48 Å². The number of aliphatic hydroxyl groups is 1. The fraction of sp³-hybridized carbons (Fsp3) is 1.00. The number of alkyl halides is 3. The van der Waals surface area contributed by atoms with Gasteiger partial charge in [0, 0.05) is 0 Å². The Hall–Kier alpha value is -0.330. The number of halogens is 3. The highest BCUT2D eigenvalue weighted by Crippen LogP contribution is 2.18. The largest absolute Gasteiger partial charge is 0.415 e. The van der Waals surface area contributed by atoms with E-state index in [4.69, 9.17) is 5.11 Å². The molecule has 1 unspecified atom stereocenters. The predicted octanol–water partition coefficient (Wildman–Crippen LogP) is 0.451.